The van der Waals surface area contributed by atoms with Gasteiger partial charge >= 0.3 is 6.09 Å². The first kappa shape index (κ1) is 18.3. The Morgan fingerprint density at radius 3 is 2.54 bits per heavy atom. The van der Waals surface area contributed by atoms with Crippen LogP contribution in [-0.4, -0.2) is 38.7 Å². The Bertz CT molecular complexity index is 653. The third kappa shape index (κ3) is 5.25. The average Bonchev–Trinajstić information content (AvgIpc) is 2.98. The molecule has 5 nitrogen and oxygen atoms in total. The van der Waals surface area contributed by atoms with Gasteiger partial charge in [0, 0.05) is 26.6 Å². The molecule has 0 fully saturated rings. The van der Waals surface area contributed by atoms with Crippen LogP contribution in [0.15, 0.2) is 35.7 Å². The van der Waals surface area contributed by atoms with Crippen LogP contribution in [0.5, 0.6) is 10.8 Å². The van der Waals surface area contributed by atoms with Gasteiger partial charge in [-0.05, 0) is 48.7 Å². The molecule has 0 aliphatic heterocycles. The van der Waals surface area contributed by atoms with Gasteiger partial charge < -0.3 is 19.7 Å². The number of thiophene rings is 1. The Kier molecular flexibility index (Phi) is 6.63. The van der Waals surface area contributed by atoms with Crippen molar-refractivity contribution in [1.82, 2.24) is 10.2 Å². The van der Waals surface area contributed by atoms with Crippen LogP contribution >= 0.6 is 11.3 Å². The number of benzene rings is 1. The van der Waals surface area contributed by atoms with Crippen molar-refractivity contribution in [2.24, 2.45) is 0 Å². The molecule has 0 unspecified atom stereocenters. The number of carbonyl (C=O) groups is 1. The number of hydrogen-bond acceptors (Lipinski definition) is 5. The fraction of sp³-hybridized carbons (Fsp3) is 0.389. The summed E-state index contributed by atoms with van der Waals surface area (Å²) in [6.07, 6.45) is 0.470. The van der Waals surface area contributed by atoms with E-state index in [2.05, 4.69) is 17.6 Å². The zero-order valence-corrected chi connectivity index (χ0v) is 15.4. The highest BCUT2D eigenvalue weighted by molar-refractivity contribution is 7.12. The van der Waals surface area contributed by atoms with Gasteiger partial charge in [-0.15, -0.1) is 11.3 Å². The van der Waals surface area contributed by atoms with Gasteiger partial charge in [0.2, 0.25) is 0 Å². The van der Waals surface area contributed by atoms with Crippen LogP contribution in [0, 0.1) is 6.92 Å². The number of amides is 1. The largest absolute Gasteiger partial charge is 0.484 e. The molecule has 0 radical (unpaired) electrons. The summed E-state index contributed by atoms with van der Waals surface area (Å²) in [5.74, 6) is 0.539. The van der Waals surface area contributed by atoms with Gasteiger partial charge in [-0.25, -0.2) is 4.79 Å². The van der Waals surface area contributed by atoms with E-state index < -0.39 is 0 Å². The summed E-state index contributed by atoms with van der Waals surface area (Å²) in [4.78, 5) is 12.9. The highest BCUT2D eigenvalue weighted by Crippen LogP contribution is 2.24. The Labute approximate surface area is 147 Å². The normalized spacial score (nSPS) is 11.8. The second-order valence-electron chi connectivity index (χ2n) is 5.75. The number of ether oxygens (including phenoxy) is 2. The Balaban J connectivity index is 1.88. The molecule has 0 bridgehead atoms. The highest BCUT2D eigenvalue weighted by atomic mass is 32.1. The third-order valence-electron chi connectivity index (χ3n) is 3.56. The molecular weight excluding hydrogens is 324 g/mol. The number of carbonyl (C=O) groups excluding carboxylic acids is 1. The van der Waals surface area contributed by atoms with Gasteiger partial charge in [-0.2, -0.15) is 0 Å². The molecule has 0 aliphatic carbocycles. The summed E-state index contributed by atoms with van der Waals surface area (Å²) in [6, 6.07) is 9.79. The van der Waals surface area contributed by atoms with Crippen molar-refractivity contribution < 1.29 is 14.3 Å². The summed E-state index contributed by atoms with van der Waals surface area (Å²) >= 11 is 1.62. The molecule has 0 spiro atoms. The number of nitrogens with one attached hydrogen (secondary N) is 1. The second kappa shape index (κ2) is 8.70. The van der Waals surface area contributed by atoms with Crippen molar-refractivity contribution in [2.45, 2.75) is 19.4 Å². The van der Waals surface area contributed by atoms with Crippen molar-refractivity contribution in [3.63, 3.8) is 0 Å². The molecule has 1 amide bonds. The lowest BCUT2D eigenvalue weighted by Gasteiger charge is -2.17. The van der Waals surface area contributed by atoms with Gasteiger partial charge in [0.1, 0.15) is 5.75 Å². The van der Waals surface area contributed by atoms with Crippen molar-refractivity contribution >= 4 is 17.4 Å². The average molecular weight is 348 g/mol. The van der Waals surface area contributed by atoms with E-state index >= 15 is 0 Å². The minimum Gasteiger partial charge on any atom is -0.484 e. The summed E-state index contributed by atoms with van der Waals surface area (Å²) in [7, 11) is 5.24. The van der Waals surface area contributed by atoms with Crippen LogP contribution in [0.3, 0.4) is 0 Å². The van der Waals surface area contributed by atoms with Gasteiger partial charge in [-0.1, -0.05) is 12.1 Å². The molecule has 0 aliphatic rings. The molecule has 0 saturated heterocycles. The van der Waals surface area contributed by atoms with Crippen LogP contribution in [0.1, 0.15) is 23.6 Å². The van der Waals surface area contributed by atoms with Gasteiger partial charge in [0.25, 0.3) is 0 Å². The first-order valence-electron chi connectivity index (χ1n) is 7.84. The van der Waals surface area contributed by atoms with E-state index in [0.29, 0.717) is 12.4 Å². The lowest BCUT2D eigenvalue weighted by molar-refractivity contribution is 0.172. The maximum atomic E-state index is 11.5. The molecule has 2 aromatic rings. The summed E-state index contributed by atoms with van der Waals surface area (Å²) in [5.41, 5.74) is 2.36. The predicted octanol–water partition coefficient (Wildman–Crippen LogP) is 3.85. The highest BCUT2D eigenvalue weighted by Gasteiger charge is 2.11. The maximum Gasteiger partial charge on any atom is 0.414 e. The zero-order valence-electron chi connectivity index (χ0n) is 14.5. The fourth-order valence-electron chi connectivity index (χ4n) is 2.20. The second-order valence-corrected chi connectivity index (χ2v) is 6.63. The molecule has 1 atom stereocenters. The van der Waals surface area contributed by atoms with E-state index in [1.807, 2.05) is 37.4 Å². The topological polar surface area (TPSA) is 50.8 Å². The van der Waals surface area contributed by atoms with E-state index in [4.69, 9.17) is 9.47 Å². The molecular formula is C18H24N2O3S. The summed E-state index contributed by atoms with van der Waals surface area (Å²) in [5, 5.41) is 6.33. The van der Waals surface area contributed by atoms with E-state index in [1.165, 1.54) is 10.5 Å². The van der Waals surface area contributed by atoms with Crippen LogP contribution in [0.4, 0.5) is 4.79 Å². The first-order valence-corrected chi connectivity index (χ1v) is 8.72. The lowest BCUT2D eigenvalue weighted by Crippen LogP contribution is -2.25. The Hall–Kier alpha value is -2.05. The van der Waals surface area contributed by atoms with Crippen LogP contribution in [0.2, 0.25) is 0 Å². The zero-order chi connectivity index (χ0) is 17.5. The van der Waals surface area contributed by atoms with Crippen molar-refractivity contribution in [3.05, 3.63) is 46.8 Å². The number of rotatable bonds is 7. The molecule has 1 N–H and O–H groups in total. The van der Waals surface area contributed by atoms with Crippen molar-refractivity contribution in [3.8, 4) is 10.8 Å². The predicted molar refractivity (Wildman–Crippen MR) is 97.1 cm³/mol. The number of aryl methyl sites for hydroxylation is 1. The molecule has 24 heavy (non-hydrogen) atoms. The lowest BCUT2D eigenvalue weighted by atomic mass is 10.0. The molecule has 6 heteroatoms. The molecule has 0 saturated carbocycles. The van der Waals surface area contributed by atoms with E-state index in [1.54, 1.807) is 25.4 Å². The Morgan fingerprint density at radius 2 is 2.00 bits per heavy atom. The van der Waals surface area contributed by atoms with Gasteiger partial charge in [0.05, 0.1) is 6.61 Å². The standard InChI is InChI=1S/C18H24N2O3S/c1-13-11-17(24-12-13)22-10-9-16(19-2)14-5-7-15(8-6-14)23-18(21)20(3)4/h5-8,11-12,16,19H,9-10H2,1-4H3/t16-/m0/s1. The number of nitrogens with zero attached hydrogens (tertiary/aromatic N) is 1. The minimum absolute atomic E-state index is 0.185. The first-order chi connectivity index (χ1) is 11.5. The Morgan fingerprint density at radius 1 is 1.29 bits per heavy atom. The third-order valence-corrected chi connectivity index (χ3v) is 4.52. The smallest absolute Gasteiger partial charge is 0.414 e. The number of hydrogen-bond donors (Lipinski definition) is 1. The monoisotopic (exact) mass is 348 g/mol. The maximum absolute atomic E-state index is 11.5. The molecule has 2 rings (SSSR count). The van der Waals surface area contributed by atoms with Crippen LogP contribution < -0.4 is 14.8 Å². The van der Waals surface area contributed by atoms with E-state index in [9.17, 15) is 4.79 Å². The summed E-state index contributed by atoms with van der Waals surface area (Å²) < 4.78 is 11.0. The van der Waals surface area contributed by atoms with Gasteiger partial charge in [-0.3, -0.25) is 0 Å². The molecule has 130 valence electrons. The van der Waals surface area contributed by atoms with Gasteiger partial charge in [0.15, 0.2) is 5.06 Å². The van der Waals surface area contributed by atoms with Crippen LogP contribution in [-0.2, 0) is 0 Å². The minimum atomic E-state index is -0.382. The van der Waals surface area contributed by atoms with Crippen molar-refractivity contribution in [2.75, 3.05) is 27.7 Å². The van der Waals surface area contributed by atoms with Crippen LogP contribution in [0.25, 0.3) is 0 Å². The molecule has 1 heterocycles. The summed E-state index contributed by atoms with van der Waals surface area (Å²) in [6.45, 7) is 2.70. The van der Waals surface area contributed by atoms with E-state index in [-0.39, 0.29) is 12.1 Å². The van der Waals surface area contributed by atoms with E-state index in [0.717, 1.165) is 17.0 Å². The quantitative estimate of drug-likeness (QED) is 0.826. The molecule has 1 aromatic heterocycles. The van der Waals surface area contributed by atoms with Crippen molar-refractivity contribution in [1.29, 1.82) is 0 Å². The fourth-order valence-corrected chi connectivity index (χ4v) is 2.97. The SMILES string of the molecule is CN[C@@H](CCOc1cc(C)cs1)c1ccc(OC(=O)N(C)C)cc1. The molecule has 1 aromatic carbocycles.